The fourth-order valence-corrected chi connectivity index (χ4v) is 1.94. The van der Waals surface area contributed by atoms with Gasteiger partial charge in [0.25, 0.3) is 5.91 Å². The van der Waals surface area contributed by atoms with Crippen LogP contribution in [-0.2, 0) is 6.54 Å². The predicted molar refractivity (Wildman–Crippen MR) is 77.7 cm³/mol. The zero-order valence-corrected chi connectivity index (χ0v) is 11.9. The largest absolute Gasteiger partial charge is 0.493 e. The molecule has 0 spiro atoms. The summed E-state index contributed by atoms with van der Waals surface area (Å²) >= 11 is 0. The second-order valence-corrected chi connectivity index (χ2v) is 4.44. The van der Waals surface area contributed by atoms with Crippen LogP contribution in [0.3, 0.4) is 0 Å². The first kappa shape index (κ1) is 13.8. The van der Waals surface area contributed by atoms with Gasteiger partial charge in [-0.3, -0.25) is 9.89 Å². The number of benzene rings is 1. The van der Waals surface area contributed by atoms with Gasteiger partial charge >= 0.3 is 0 Å². The van der Waals surface area contributed by atoms with Gasteiger partial charge in [0, 0.05) is 0 Å². The number of para-hydroxylation sites is 1. The number of ether oxygens (including phenoxy) is 1. The van der Waals surface area contributed by atoms with Crippen molar-refractivity contribution in [1.29, 1.82) is 0 Å². The molecular formula is C14H14N6O2. The van der Waals surface area contributed by atoms with Crippen molar-refractivity contribution in [2.24, 2.45) is 0 Å². The highest BCUT2D eigenvalue weighted by Gasteiger charge is 2.18. The molecule has 22 heavy (non-hydrogen) atoms. The van der Waals surface area contributed by atoms with E-state index in [4.69, 9.17) is 4.74 Å². The lowest BCUT2D eigenvalue weighted by Crippen LogP contribution is -2.24. The molecule has 0 unspecified atom stereocenters. The van der Waals surface area contributed by atoms with E-state index in [9.17, 15) is 4.79 Å². The SMILES string of the molecule is COc1cn(-c2ccccc2)nc1C(=O)NCc1ncn[nH]1. The predicted octanol–water partition coefficient (Wildman–Crippen LogP) is 0.929. The lowest BCUT2D eigenvalue weighted by molar-refractivity contribution is 0.0941. The summed E-state index contributed by atoms with van der Waals surface area (Å²) in [4.78, 5) is 16.2. The monoisotopic (exact) mass is 298 g/mol. The van der Waals surface area contributed by atoms with Crippen molar-refractivity contribution in [3.05, 3.63) is 54.4 Å². The fraction of sp³-hybridized carbons (Fsp3) is 0.143. The molecule has 0 radical (unpaired) electrons. The maximum atomic E-state index is 12.2. The molecule has 0 aliphatic heterocycles. The van der Waals surface area contributed by atoms with Crippen LogP contribution in [0.25, 0.3) is 5.69 Å². The zero-order valence-electron chi connectivity index (χ0n) is 11.9. The van der Waals surface area contributed by atoms with Crippen LogP contribution in [0.1, 0.15) is 16.3 Å². The third kappa shape index (κ3) is 2.80. The number of carbonyl (C=O) groups is 1. The van der Waals surface area contributed by atoms with Gasteiger partial charge in [-0.2, -0.15) is 10.2 Å². The van der Waals surface area contributed by atoms with E-state index in [1.165, 1.54) is 13.4 Å². The number of hydrogen-bond donors (Lipinski definition) is 2. The van der Waals surface area contributed by atoms with Gasteiger partial charge in [0.15, 0.2) is 11.4 Å². The number of methoxy groups -OCH3 is 1. The van der Waals surface area contributed by atoms with E-state index < -0.39 is 0 Å². The molecule has 0 atom stereocenters. The summed E-state index contributed by atoms with van der Waals surface area (Å²) < 4.78 is 6.83. The first-order chi connectivity index (χ1) is 10.8. The van der Waals surface area contributed by atoms with E-state index in [1.54, 1.807) is 10.9 Å². The van der Waals surface area contributed by atoms with Crippen LogP contribution >= 0.6 is 0 Å². The Morgan fingerprint density at radius 1 is 1.36 bits per heavy atom. The van der Waals surface area contributed by atoms with Gasteiger partial charge in [-0.1, -0.05) is 18.2 Å². The molecule has 0 aliphatic rings. The van der Waals surface area contributed by atoms with Crippen LogP contribution in [0.15, 0.2) is 42.9 Å². The number of H-pyrrole nitrogens is 1. The Bertz CT molecular complexity index is 751. The number of rotatable bonds is 5. The normalized spacial score (nSPS) is 10.4. The van der Waals surface area contributed by atoms with Gasteiger partial charge in [0.05, 0.1) is 25.5 Å². The van der Waals surface area contributed by atoms with Crippen molar-refractivity contribution in [3.8, 4) is 11.4 Å². The molecule has 0 aliphatic carbocycles. The van der Waals surface area contributed by atoms with Gasteiger partial charge in [0.1, 0.15) is 12.2 Å². The summed E-state index contributed by atoms with van der Waals surface area (Å²) in [5.41, 5.74) is 1.06. The Kier molecular flexibility index (Phi) is 3.82. The summed E-state index contributed by atoms with van der Waals surface area (Å²) in [5.74, 6) is 0.622. The van der Waals surface area contributed by atoms with Crippen LogP contribution in [0.5, 0.6) is 5.75 Å². The quantitative estimate of drug-likeness (QED) is 0.730. The number of carbonyl (C=O) groups excluding carboxylic acids is 1. The highest BCUT2D eigenvalue weighted by atomic mass is 16.5. The number of aromatic nitrogens is 5. The van der Waals surface area contributed by atoms with E-state index in [2.05, 4.69) is 25.6 Å². The van der Waals surface area contributed by atoms with Gasteiger partial charge < -0.3 is 10.1 Å². The number of amides is 1. The van der Waals surface area contributed by atoms with Crippen LogP contribution < -0.4 is 10.1 Å². The second-order valence-electron chi connectivity index (χ2n) is 4.44. The maximum absolute atomic E-state index is 12.2. The maximum Gasteiger partial charge on any atom is 0.276 e. The van der Waals surface area contributed by atoms with Gasteiger partial charge in [-0.05, 0) is 12.1 Å². The van der Waals surface area contributed by atoms with E-state index in [0.29, 0.717) is 11.6 Å². The molecule has 1 aromatic carbocycles. The highest BCUT2D eigenvalue weighted by molar-refractivity contribution is 5.94. The molecule has 0 bridgehead atoms. The highest BCUT2D eigenvalue weighted by Crippen LogP contribution is 2.19. The summed E-state index contributed by atoms with van der Waals surface area (Å²) in [5, 5.41) is 13.4. The minimum Gasteiger partial charge on any atom is -0.493 e. The molecular weight excluding hydrogens is 284 g/mol. The van der Waals surface area contributed by atoms with Crippen molar-refractivity contribution in [3.63, 3.8) is 0 Å². The third-order valence-corrected chi connectivity index (χ3v) is 3.02. The van der Waals surface area contributed by atoms with Gasteiger partial charge in [-0.25, -0.2) is 9.67 Å². The molecule has 8 heteroatoms. The molecule has 1 amide bonds. The molecule has 2 aromatic heterocycles. The van der Waals surface area contributed by atoms with Crippen molar-refractivity contribution in [2.75, 3.05) is 7.11 Å². The van der Waals surface area contributed by atoms with Crippen molar-refractivity contribution >= 4 is 5.91 Å². The minimum absolute atomic E-state index is 0.214. The van der Waals surface area contributed by atoms with Gasteiger partial charge in [0.2, 0.25) is 0 Å². The molecule has 2 N–H and O–H groups in total. The van der Waals surface area contributed by atoms with Crippen LogP contribution in [0, 0.1) is 0 Å². The lowest BCUT2D eigenvalue weighted by Gasteiger charge is -2.02. The molecule has 0 saturated carbocycles. The Morgan fingerprint density at radius 3 is 2.86 bits per heavy atom. The first-order valence-corrected chi connectivity index (χ1v) is 6.59. The summed E-state index contributed by atoms with van der Waals surface area (Å²) in [7, 11) is 1.50. The Hall–Kier alpha value is -3.16. The number of aromatic amines is 1. The molecule has 0 fully saturated rings. The van der Waals surface area contributed by atoms with Crippen LogP contribution in [0.2, 0.25) is 0 Å². The third-order valence-electron chi connectivity index (χ3n) is 3.02. The van der Waals surface area contributed by atoms with E-state index >= 15 is 0 Å². The van der Waals surface area contributed by atoms with Crippen molar-refractivity contribution in [2.45, 2.75) is 6.54 Å². The average molecular weight is 298 g/mol. The number of nitrogens with zero attached hydrogens (tertiary/aromatic N) is 4. The molecule has 3 aromatic rings. The van der Waals surface area contributed by atoms with Gasteiger partial charge in [-0.15, -0.1) is 0 Å². The van der Waals surface area contributed by atoms with E-state index in [1.807, 2.05) is 30.3 Å². The van der Waals surface area contributed by atoms with Crippen molar-refractivity contribution in [1.82, 2.24) is 30.3 Å². The standard InChI is InChI=1S/C14H14N6O2/c1-22-11-8-20(10-5-3-2-4-6-10)19-13(11)14(21)15-7-12-16-9-17-18-12/h2-6,8-9H,7H2,1H3,(H,15,21)(H,16,17,18). The van der Waals surface area contributed by atoms with E-state index in [-0.39, 0.29) is 18.1 Å². The Balaban J connectivity index is 1.80. The summed E-state index contributed by atoms with van der Waals surface area (Å²) in [6, 6.07) is 9.49. The first-order valence-electron chi connectivity index (χ1n) is 6.59. The van der Waals surface area contributed by atoms with E-state index in [0.717, 1.165) is 5.69 Å². The molecule has 0 saturated heterocycles. The fourth-order valence-electron chi connectivity index (χ4n) is 1.94. The lowest BCUT2D eigenvalue weighted by atomic mass is 10.3. The summed E-state index contributed by atoms with van der Waals surface area (Å²) in [6.45, 7) is 0.236. The smallest absolute Gasteiger partial charge is 0.276 e. The number of hydrogen-bond acceptors (Lipinski definition) is 5. The Morgan fingerprint density at radius 2 is 2.18 bits per heavy atom. The second kappa shape index (κ2) is 6.08. The molecule has 112 valence electrons. The average Bonchev–Trinajstić information content (AvgIpc) is 3.22. The Labute approximate surface area is 126 Å². The topological polar surface area (TPSA) is 97.7 Å². The molecule has 3 rings (SSSR count). The number of nitrogens with one attached hydrogen (secondary N) is 2. The van der Waals surface area contributed by atoms with Crippen molar-refractivity contribution < 1.29 is 9.53 Å². The van der Waals surface area contributed by atoms with Crippen LogP contribution in [0.4, 0.5) is 0 Å². The summed E-state index contributed by atoms with van der Waals surface area (Å²) in [6.07, 6.45) is 3.05. The zero-order chi connectivity index (χ0) is 15.4. The van der Waals surface area contributed by atoms with Crippen LogP contribution in [-0.4, -0.2) is 38.0 Å². The molecule has 8 nitrogen and oxygen atoms in total. The minimum atomic E-state index is -0.345. The molecule has 2 heterocycles.